The highest BCUT2D eigenvalue weighted by molar-refractivity contribution is 7.89. The second kappa shape index (κ2) is 6.97. The number of piperidine rings is 1. The molecule has 1 aliphatic rings. The van der Waals surface area contributed by atoms with Crippen LogP contribution in [0.1, 0.15) is 31.4 Å². The molecule has 7 heteroatoms. The second-order valence-corrected chi connectivity index (χ2v) is 8.72. The molecule has 1 aromatic rings. The molecule has 0 spiro atoms. The smallest absolute Gasteiger partial charge is 0.243 e. The van der Waals surface area contributed by atoms with E-state index in [0.29, 0.717) is 35.7 Å². The van der Waals surface area contributed by atoms with E-state index in [1.807, 2.05) is 20.8 Å². The van der Waals surface area contributed by atoms with Crippen molar-refractivity contribution in [2.75, 3.05) is 20.2 Å². The van der Waals surface area contributed by atoms with E-state index >= 15 is 0 Å². The molecule has 23 heavy (non-hydrogen) atoms. The van der Waals surface area contributed by atoms with Crippen LogP contribution in [0.4, 0.5) is 0 Å². The molecule has 1 saturated heterocycles. The first-order valence-corrected chi connectivity index (χ1v) is 8.94. The highest BCUT2D eigenvalue weighted by Crippen LogP contribution is 2.33. The van der Waals surface area contributed by atoms with Gasteiger partial charge < -0.3 is 10.5 Å². The molecule has 0 aliphatic carbocycles. The molecule has 1 aliphatic heterocycles. The predicted octanol–water partition coefficient (Wildman–Crippen LogP) is 2.48. The maximum absolute atomic E-state index is 13.0. The summed E-state index contributed by atoms with van der Waals surface area (Å²) in [6.07, 6.45) is 0.681. The number of rotatable bonds is 3. The lowest BCUT2D eigenvalue weighted by Crippen LogP contribution is -2.53. The summed E-state index contributed by atoms with van der Waals surface area (Å²) in [4.78, 5) is 0.358. The molecule has 0 amide bonds. The summed E-state index contributed by atoms with van der Waals surface area (Å²) < 4.78 is 32.8. The first-order valence-electron chi connectivity index (χ1n) is 7.50. The van der Waals surface area contributed by atoms with Crippen LogP contribution in [-0.4, -0.2) is 39.0 Å². The van der Waals surface area contributed by atoms with Crippen molar-refractivity contribution in [1.29, 1.82) is 0 Å². The van der Waals surface area contributed by atoms with Gasteiger partial charge in [0.2, 0.25) is 10.0 Å². The van der Waals surface area contributed by atoms with Crippen LogP contribution in [-0.2, 0) is 10.0 Å². The quantitative estimate of drug-likeness (QED) is 0.896. The summed E-state index contributed by atoms with van der Waals surface area (Å²) in [5.41, 5.74) is 7.41. The Bertz CT molecular complexity index is 674. The fourth-order valence-corrected chi connectivity index (χ4v) is 4.85. The second-order valence-electron chi connectivity index (χ2n) is 6.81. The van der Waals surface area contributed by atoms with E-state index in [4.69, 9.17) is 10.5 Å². The Kier molecular flexibility index (Phi) is 6.13. The minimum atomic E-state index is -3.51. The maximum Gasteiger partial charge on any atom is 0.243 e. The zero-order valence-corrected chi connectivity index (χ0v) is 16.1. The van der Waals surface area contributed by atoms with Gasteiger partial charge in [0, 0.05) is 19.1 Å². The lowest BCUT2D eigenvalue weighted by Gasteiger charge is -2.42. The Morgan fingerprint density at radius 2 is 1.87 bits per heavy atom. The van der Waals surface area contributed by atoms with Gasteiger partial charge in [-0.05, 0) is 48.9 Å². The van der Waals surface area contributed by atoms with Gasteiger partial charge in [0.15, 0.2) is 0 Å². The summed E-state index contributed by atoms with van der Waals surface area (Å²) in [7, 11) is -1.92. The molecule has 0 radical (unpaired) electrons. The topological polar surface area (TPSA) is 72.6 Å². The molecule has 1 fully saturated rings. The molecular formula is C16H27ClN2O3S. The van der Waals surface area contributed by atoms with Gasteiger partial charge in [-0.1, -0.05) is 13.8 Å². The Morgan fingerprint density at radius 3 is 2.39 bits per heavy atom. The molecule has 5 nitrogen and oxygen atoms in total. The third-order valence-corrected chi connectivity index (χ3v) is 6.57. The van der Waals surface area contributed by atoms with E-state index < -0.39 is 10.0 Å². The summed E-state index contributed by atoms with van der Waals surface area (Å²) in [5.74, 6) is 0.706. The predicted molar refractivity (Wildman–Crippen MR) is 94.8 cm³/mol. The monoisotopic (exact) mass is 362 g/mol. The van der Waals surface area contributed by atoms with Crippen LogP contribution in [0.25, 0.3) is 0 Å². The summed E-state index contributed by atoms with van der Waals surface area (Å²) >= 11 is 0. The van der Waals surface area contributed by atoms with E-state index in [0.717, 1.165) is 5.56 Å². The molecule has 1 unspecified atom stereocenters. The number of nitrogens with zero attached hydrogens (tertiary/aromatic N) is 1. The molecule has 132 valence electrons. The van der Waals surface area contributed by atoms with Crippen LogP contribution in [0, 0.1) is 19.3 Å². The van der Waals surface area contributed by atoms with E-state index in [2.05, 4.69) is 0 Å². The Hall–Kier alpha value is -0.820. The van der Waals surface area contributed by atoms with Crippen LogP contribution in [0.15, 0.2) is 17.0 Å². The van der Waals surface area contributed by atoms with Gasteiger partial charge in [0.1, 0.15) is 5.75 Å². The van der Waals surface area contributed by atoms with E-state index in [-0.39, 0.29) is 23.9 Å². The Balaban J connectivity index is 0.00000264. The van der Waals surface area contributed by atoms with Gasteiger partial charge in [0.05, 0.1) is 12.0 Å². The Morgan fingerprint density at radius 1 is 1.26 bits per heavy atom. The first-order chi connectivity index (χ1) is 10.1. The standard InChI is InChI=1S/C16H26N2O3S.ClH/c1-11-9-14(12(2)8-13(11)21-5)22(19,20)18-7-6-15(17)16(3,4)10-18;/h8-9,15H,6-7,10,17H2,1-5H3;1H. The number of halogens is 1. The van der Waals surface area contributed by atoms with Crippen molar-refractivity contribution in [2.24, 2.45) is 11.1 Å². The lowest BCUT2D eigenvalue weighted by atomic mass is 9.81. The van der Waals surface area contributed by atoms with Crippen LogP contribution >= 0.6 is 12.4 Å². The minimum absolute atomic E-state index is 0. The average molecular weight is 363 g/mol. The van der Waals surface area contributed by atoms with Crippen LogP contribution in [0.3, 0.4) is 0 Å². The third kappa shape index (κ3) is 3.82. The van der Waals surface area contributed by atoms with E-state index in [1.165, 1.54) is 0 Å². The number of hydrogen-bond acceptors (Lipinski definition) is 4. The molecule has 1 aromatic carbocycles. The normalized spacial score (nSPS) is 21.6. The Labute approximate surface area is 145 Å². The summed E-state index contributed by atoms with van der Waals surface area (Å²) in [5, 5.41) is 0. The van der Waals surface area contributed by atoms with E-state index in [1.54, 1.807) is 30.5 Å². The molecule has 0 saturated carbocycles. The van der Waals surface area contributed by atoms with Crippen molar-refractivity contribution in [3.63, 3.8) is 0 Å². The molecule has 0 aromatic heterocycles. The van der Waals surface area contributed by atoms with Gasteiger partial charge in [0.25, 0.3) is 0 Å². The number of nitrogens with two attached hydrogens (primary N) is 1. The number of hydrogen-bond donors (Lipinski definition) is 1. The zero-order chi connectivity index (χ0) is 16.7. The molecular weight excluding hydrogens is 336 g/mol. The first kappa shape index (κ1) is 20.2. The van der Waals surface area contributed by atoms with E-state index in [9.17, 15) is 8.42 Å². The summed E-state index contributed by atoms with van der Waals surface area (Å²) in [6, 6.07) is 3.51. The number of ether oxygens (including phenoxy) is 1. The summed E-state index contributed by atoms with van der Waals surface area (Å²) in [6.45, 7) is 8.61. The van der Waals surface area contributed by atoms with Gasteiger partial charge >= 0.3 is 0 Å². The third-order valence-electron chi connectivity index (χ3n) is 4.59. The van der Waals surface area contributed by atoms with Crippen LogP contribution in [0.5, 0.6) is 5.75 Å². The number of aryl methyl sites for hydroxylation is 2. The molecule has 2 N–H and O–H groups in total. The maximum atomic E-state index is 13.0. The number of methoxy groups -OCH3 is 1. The minimum Gasteiger partial charge on any atom is -0.496 e. The van der Waals surface area contributed by atoms with Crippen molar-refractivity contribution in [2.45, 2.75) is 45.1 Å². The molecule has 1 atom stereocenters. The van der Waals surface area contributed by atoms with Gasteiger partial charge in [-0.25, -0.2) is 8.42 Å². The van der Waals surface area contributed by atoms with Gasteiger partial charge in [-0.3, -0.25) is 0 Å². The average Bonchev–Trinajstić information content (AvgIpc) is 2.43. The van der Waals surface area contributed by atoms with Gasteiger partial charge in [-0.2, -0.15) is 4.31 Å². The molecule has 2 rings (SSSR count). The fourth-order valence-electron chi connectivity index (χ4n) is 2.93. The van der Waals surface area contributed by atoms with Crippen molar-refractivity contribution >= 4 is 22.4 Å². The number of benzene rings is 1. The van der Waals surface area contributed by atoms with Crippen LogP contribution in [0.2, 0.25) is 0 Å². The molecule has 1 heterocycles. The molecule has 0 bridgehead atoms. The number of sulfonamides is 1. The lowest BCUT2D eigenvalue weighted by molar-refractivity contribution is 0.155. The van der Waals surface area contributed by atoms with Crippen molar-refractivity contribution in [1.82, 2.24) is 4.31 Å². The van der Waals surface area contributed by atoms with Gasteiger partial charge in [-0.15, -0.1) is 12.4 Å². The van der Waals surface area contributed by atoms with Crippen molar-refractivity contribution in [3.8, 4) is 5.75 Å². The highest BCUT2D eigenvalue weighted by Gasteiger charge is 2.39. The van der Waals surface area contributed by atoms with Crippen molar-refractivity contribution < 1.29 is 13.2 Å². The SMILES string of the molecule is COc1cc(C)c(S(=O)(=O)N2CCC(N)C(C)(C)C2)cc1C.Cl. The highest BCUT2D eigenvalue weighted by atomic mass is 35.5. The van der Waals surface area contributed by atoms with Crippen molar-refractivity contribution in [3.05, 3.63) is 23.3 Å². The van der Waals surface area contributed by atoms with Crippen LogP contribution < -0.4 is 10.5 Å². The largest absolute Gasteiger partial charge is 0.496 e. The fraction of sp³-hybridized carbons (Fsp3) is 0.625. The zero-order valence-electron chi connectivity index (χ0n) is 14.4.